The van der Waals surface area contributed by atoms with E-state index in [1.807, 2.05) is 19.1 Å². The lowest BCUT2D eigenvalue weighted by Gasteiger charge is -2.15. The van der Waals surface area contributed by atoms with Crippen LogP contribution in [0.15, 0.2) is 22.7 Å². The average molecular weight is 326 g/mol. The molecule has 0 aliphatic heterocycles. The first-order chi connectivity index (χ1) is 8.97. The number of benzene rings is 1. The van der Waals surface area contributed by atoms with E-state index >= 15 is 0 Å². The number of amides is 1. The SMILES string of the molecule is Cc1ccc(C(=O)NC(CC2CC2)C(=O)O)c(Br)c1. The van der Waals surface area contributed by atoms with E-state index in [9.17, 15) is 9.59 Å². The Kier molecular flexibility index (Phi) is 4.24. The van der Waals surface area contributed by atoms with Gasteiger partial charge < -0.3 is 10.4 Å². The van der Waals surface area contributed by atoms with Gasteiger partial charge in [-0.05, 0) is 52.9 Å². The van der Waals surface area contributed by atoms with Crippen molar-refractivity contribution in [2.24, 2.45) is 5.92 Å². The Balaban J connectivity index is 2.07. The average Bonchev–Trinajstić information content (AvgIpc) is 3.11. The molecule has 1 aliphatic carbocycles. The van der Waals surface area contributed by atoms with E-state index in [-0.39, 0.29) is 5.91 Å². The topological polar surface area (TPSA) is 66.4 Å². The maximum absolute atomic E-state index is 12.1. The van der Waals surface area contributed by atoms with Crippen molar-refractivity contribution in [3.8, 4) is 0 Å². The van der Waals surface area contributed by atoms with Crippen LogP contribution in [0.3, 0.4) is 0 Å². The molecule has 0 radical (unpaired) electrons. The first-order valence-electron chi connectivity index (χ1n) is 6.27. The standard InChI is InChI=1S/C14H16BrNO3/c1-8-2-5-10(11(15)6-8)13(17)16-12(14(18)19)7-9-3-4-9/h2,5-6,9,12H,3-4,7H2,1H3,(H,16,17)(H,18,19). The fourth-order valence-corrected chi connectivity index (χ4v) is 2.62. The molecule has 102 valence electrons. The van der Waals surface area contributed by atoms with Gasteiger partial charge >= 0.3 is 5.97 Å². The molecular weight excluding hydrogens is 310 g/mol. The van der Waals surface area contributed by atoms with Gasteiger partial charge in [0.15, 0.2) is 0 Å². The molecule has 1 unspecified atom stereocenters. The molecule has 0 bridgehead atoms. The molecule has 1 aromatic rings. The second-order valence-electron chi connectivity index (χ2n) is 5.03. The van der Waals surface area contributed by atoms with Crippen molar-refractivity contribution in [3.05, 3.63) is 33.8 Å². The smallest absolute Gasteiger partial charge is 0.326 e. The summed E-state index contributed by atoms with van der Waals surface area (Å²) in [5.41, 5.74) is 1.50. The molecule has 4 nitrogen and oxygen atoms in total. The zero-order valence-corrected chi connectivity index (χ0v) is 12.2. The number of hydrogen-bond acceptors (Lipinski definition) is 2. The summed E-state index contributed by atoms with van der Waals surface area (Å²) in [6.45, 7) is 1.93. The van der Waals surface area contributed by atoms with Gasteiger partial charge in [0, 0.05) is 4.47 Å². The Bertz CT molecular complexity index is 511. The van der Waals surface area contributed by atoms with E-state index in [1.165, 1.54) is 0 Å². The number of aliphatic carboxylic acids is 1. The van der Waals surface area contributed by atoms with Gasteiger partial charge in [-0.3, -0.25) is 4.79 Å². The molecule has 0 aromatic heterocycles. The number of carboxylic acids is 1. The lowest BCUT2D eigenvalue weighted by Crippen LogP contribution is -2.41. The maximum atomic E-state index is 12.1. The fourth-order valence-electron chi connectivity index (χ4n) is 1.95. The largest absolute Gasteiger partial charge is 0.480 e. The monoisotopic (exact) mass is 325 g/mol. The summed E-state index contributed by atoms with van der Waals surface area (Å²) in [7, 11) is 0. The van der Waals surface area contributed by atoms with Gasteiger partial charge in [-0.25, -0.2) is 4.79 Å². The molecule has 0 spiro atoms. The molecular formula is C14H16BrNO3. The van der Waals surface area contributed by atoms with E-state index in [2.05, 4.69) is 21.2 Å². The Hall–Kier alpha value is -1.36. The van der Waals surface area contributed by atoms with Crippen molar-refractivity contribution in [2.45, 2.75) is 32.2 Å². The van der Waals surface area contributed by atoms with E-state index in [0.29, 0.717) is 22.4 Å². The van der Waals surface area contributed by atoms with Crippen LogP contribution in [0, 0.1) is 12.8 Å². The number of rotatable bonds is 5. The number of carbonyl (C=O) groups is 2. The summed E-state index contributed by atoms with van der Waals surface area (Å²) < 4.78 is 0.681. The third-order valence-corrected chi connectivity index (χ3v) is 3.89. The number of carboxylic acid groups (broad SMARTS) is 1. The highest BCUT2D eigenvalue weighted by Gasteiger charge is 2.30. The summed E-state index contributed by atoms with van der Waals surface area (Å²) in [4.78, 5) is 23.2. The molecule has 5 heteroatoms. The number of carbonyl (C=O) groups excluding carboxylic acids is 1. The quantitative estimate of drug-likeness (QED) is 0.874. The van der Waals surface area contributed by atoms with Crippen LogP contribution in [0.4, 0.5) is 0 Å². The zero-order valence-electron chi connectivity index (χ0n) is 10.6. The minimum atomic E-state index is -0.969. The highest BCUT2D eigenvalue weighted by atomic mass is 79.9. The summed E-state index contributed by atoms with van der Waals surface area (Å²) in [6, 6.07) is 4.57. The minimum Gasteiger partial charge on any atom is -0.480 e. The van der Waals surface area contributed by atoms with Crippen LogP contribution in [-0.2, 0) is 4.79 Å². The molecule has 1 fully saturated rings. The predicted molar refractivity (Wildman–Crippen MR) is 75.1 cm³/mol. The summed E-state index contributed by atoms with van der Waals surface area (Å²) >= 11 is 3.33. The van der Waals surface area contributed by atoms with Gasteiger partial charge in [0.2, 0.25) is 0 Å². The van der Waals surface area contributed by atoms with Crippen molar-refractivity contribution >= 4 is 27.8 Å². The summed E-state index contributed by atoms with van der Waals surface area (Å²) in [5.74, 6) is -0.869. The number of halogens is 1. The van der Waals surface area contributed by atoms with Crippen LogP contribution in [0.25, 0.3) is 0 Å². The Morgan fingerprint density at radius 1 is 1.47 bits per heavy atom. The first-order valence-corrected chi connectivity index (χ1v) is 7.06. The van der Waals surface area contributed by atoms with Gasteiger partial charge in [-0.1, -0.05) is 18.9 Å². The predicted octanol–water partition coefficient (Wildman–Crippen LogP) is 2.74. The van der Waals surface area contributed by atoms with E-state index in [4.69, 9.17) is 5.11 Å². The van der Waals surface area contributed by atoms with Crippen molar-refractivity contribution in [3.63, 3.8) is 0 Å². The number of hydrogen-bond donors (Lipinski definition) is 2. The molecule has 2 rings (SSSR count). The van der Waals surface area contributed by atoms with Crippen molar-refractivity contribution in [1.82, 2.24) is 5.32 Å². The molecule has 0 saturated heterocycles. The number of nitrogens with one attached hydrogen (secondary N) is 1. The van der Waals surface area contributed by atoms with Crippen LogP contribution >= 0.6 is 15.9 Å². The second-order valence-corrected chi connectivity index (χ2v) is 5.88. The molecule has 1 amide bonds. The third-order valence-electron chi connectivity index (χ3n) is 3.24. The summed E-state index contributed by atoms with van der Waals surface area (Å²) in [6.07, 6.45) is 2.65. The molecule has 19 heavy (non-hydrogen) atoms. The summed E-state index contributed by atoms with van der Waals surface area (Å²) in [5, 5.41) is 11.7. The van der Waals surface area contributed by atoms with Crippen molar-refractivity contribution in [1.29, 1.82) is 0 Å². The Morgan fingerprint density at radius 3 is 2.68 bits per heavy atom. The lowest BCUT2D eigenvalue weighted by molar-refractivity contribution is -0.139. The molecule has 1 aromatic carbocycles. The zero-order chi connectivity index (χ0) is 14.0. The van der Waals surface area contributed by atoms with E-state index < -0.39 is 12.0 Å². The van der Waals surface area contributed by atoms with Gasteiger partial charge in [0.25, 0.3) is 5.91 Å². The highest BCUT2D eigenvalue weighted by Crippen LogP contribution is 2.33. The van der Waals surface area contributed by atoms with Crippen LogP contribution in [0.1, 0.15) is 35.2 Å². The molecule has 2 N–H and O–H groups in total. The Labute approximate surface area is 120 Å². The van der Waals surface area contributed by atoms with E-state index in [1.54, 1.807) is 6.07 Å². The normalized spacial score (nSPS) is 15.9. The van der Waals surface area contributed by atoms with Crippen LogP contribution in [0.2, 0.25) is 0 Å². The van der Waals surface area contributed by atoms with Crippen molar-refractivity contribution in [2.75, 3.05) is 0 Å². The van der Waals surface area contributed by atoms with Crippen LogP contribution < -0.4 is 5.32 Å². The molecule has 1 saturated carbocycles. The third kappa shape index (κ3) is 3.80. The van der Waals surface area contributed by atoms with Crippen molar-refractivity contribution < 1.29 is 14.7 Å². The van der Waals surface area contributed by atoms with Crippen LogP contribution in [0.5, 0.6) is 0 Å². The molecule has 0 heterocycles. The fraction of sp³-hybridized carbons (Fsp3) is 0.429. The maximum Gasteiger partial charge on any atom is 0.326 e. The molecule has 1 atom stereocenters. The second kappa shape index (κ2) is 5.74. The minimum absolute atomic E-state index is 0.347. The van der Waals surface area contributed by atoms with E-state index in [0.717, 1.165) is 18.4 Å². The van der Waals surface area contributed by atoms with Gasteiger partial charge in [-0.2, -0.15) is 0 Å². The van der Waals surface area contributed by atoms with Crippen LogP contribution in [-0.4, -0.2) is 23.0 Å². The Morgan fingerprint density at radius 2 is 2.16 bits per heavy atom. The highest BCUT2D eigenvalue weighted by molar-refractivity contribution is 9.10. The van der Waals surface area contributed by atoms with Gasteiger partial charge in [-0.15, -0.1) is 0 Å². The number of aryl methyl sites for hydroxylation is 1. The van der Waals surface area contributed by atoms with Gasteiger partial charge in [0.1, 0.15) is 6.04 Å². The van der Waals surface area contributed by atoms with Gasteiger partial charge in [0.05, 0.1) is 5.56 Å². The lowest BCUT2D eigenvalue weighted by atomic mass is 10.1. The first kappa shape index (κ1) is 14.1. The molecule has 1 aliphatic rings.